The van der Waals surface area contributed by atoms with E-state index < -0.39 is 11.6 Å². The van der Waals surface area contributed by atoms with Crippen molar-refractivity contribution in [1.29, 1.82) is 0 Å². The molecule has 2 aromatic rings. The van der Waals surface area contributed by atoms with Gasteiger partial charge in [-0.15, -0.1) is 5.10 Å². The topological polar surface area (TPSA) is 61.0 Å². The Labute approximate surface area is 119 Å². The van der Waals surface area contributed by atoms with Crippen molar-refractivity contribution >= 4 is 17.2 Å². The quantitative estimate of drug-likeness (QED) is 0.882. The monoisotopic (exact) mass is 295 g/mol. The molecule has 0 unspecified atom stereocenters. The Morgan fingerprint density at radius 1 is 1.25 bits per heavy atom. The lowest BCUT2D eigenvalue weighted by atomic mass is 10.1. The molecule has 0 saturated heterocycles. The average molecular weight is 295 g/mol. The van der Waals surface area contributed by atoms with Crippen LogP contribution in [0.15, 0.2) is 18.2 Å². The lowest BCUT2D eigenvalue weighted by molar-refractivity contribution is 0.416. The van der Waals surface area contributed by atoms with E-state index in [0.717, 1.165) is 12.1 Å². The van der Waals surface area contributed by atoms with E-state index >= 15 is 0 Å². The minimum Gasteiger partial charge on any atom is -0.434 e. The molecule has 0 spiro atoms. The molecule has 0 aliphatic rings. The molecule has 0 fully saturated rings. The first-order chi connectivity index (χ1) is 9.40. The van der Waals surface area contributed by atoms with Gasteiger partial charge in [0.05, 0.1) is 11.3 Å². The van der Waals surface area contributed by atoms with Crippen molar-refractivity contribution in [2.75, 3.05) is 0 Å². The second-order valence-electron chi connectivity index (χ2n) is 4.13. The van der Waals surface area contributed by atoms with Crippen LogP contribution < -0.4 is 10.5 Å². The van der Waals surface area contributed by atoms with Crippen LogP contribution in [0, 0.1) is 25.5 Å². The van der Waals surface area contributed by atoms with E-state index in [2.05, 4.69) is 10.2 Å². The zero-order chi connectivity index (χ0) is 14.9. The number of thiocarbonyl (C=S) groups is 1. The standard InChI is InChI=1S/C13H11F2N3OS/c1-6-7(2)17-18-13(11(6)12(16)20)19-10-4-3-8(14)5-9(10)15/h3-5H,1-2H3,(H2,16,20). The fraction of sp³-hybridized carbons (Fsp3) is 0.154. The lowest BCUT2D eigenvalue weighted by Crippen LogP contribution is -2.15. The highest BCUT2D eigenvalue weighted by Gasteiger charge is 2.17. The van der Waals surface area contributed by atoms with Crippen LogP contribution in [-0.4, -0.2) is 15.2 Å². The highest BCUT2D eigenvalue weighted by Crippen LogP contribution is 2.28. The van der Waals surface area contributed by atoms with Gasteiger partial charge in [-0.3, -0.25) is 0 Å². The number of aryl methyl sites for hydroxylation is 1. The molecule has 0 radical (unpaired) electrons. The van der Waals surface area contributed by atoms with E-state index in [1.165, 1.54) is 0 Å². The molecule has 0 saturated carbocycles. The molecule has 104 valence electrons. The van der Waals surface area contributed by atoms with Crippen LogP contribution in [0.1, 0.15) is 16.8 Å². The summed E-state index contributed by atoms with van der Waals surface area (Å²) in [6.07, 6.45) is 0. The van der Waals surface area contributed by atoms with Gasteiger partial charge in [-0.2, -0.15) is 5.10 Å². The Morgan fingerprint density at radius 2 is 1.95 bits per heavy atom. The molecule has 1 aromatic heterocycles. The molecule has 0 aliphatic heterocycles. The first kappa shape index (κ1) is 14.3. The third kappa shape index (κ3) is 2.72. The molecule has 4 nitrogen and oxygen atoms in total. The third-order valence-electron chi connectivity index (χ3n) is 2.77. The highest BCUT2D eigenvalue weighted by molar-refractivity contribution is 7.80. The van der Waals surface area contributed by atoms with E-state index in [9.17, 15) is 8.78 Å². The third-order valence-corrected chi connectivity index (χ3v) is 2.97. The van der Waals surface area contributed by atoms with Gasteiger partial charge in [-0.25, -0.2) is 8.78 Å². The second kappa shape index (κ2) is 5.46. The van der Waals surface area contributed by atoms with E-state index in [-0.39, 0.29) is 16.6 Å². The summed E-state index contributed by atoms with van der Waals surface area (Å²) in [6, 6.07) is 2.95. The predicted molar refractivity (Wildman–Crippen MR) is 73.8 cm³/mol. The minimum absolute atomic E-state index is 0.00823. The van der Waals surface area contributed by atoms with Crippen molar-refractivity contribution in [3.05, 3.63) is 46.7 Å². The molecule has 20 heavy (non-hydrogen) atoms. The van der Waals surface area contributed by atoms with E-state index in [0.29, 0.717) is 22.9 Å². The largest absolute Gasteiger partial charge is 0.434 e. The van der Waals surface area contributed by atoms with Gasteiger partial charge in [0.25, 0.3) is 0 Å². The van der Waals surface area contributed by atoms with Crippen LogP contribution in [0.4, 0.5) is 8.78 Å². The molecule has 7 heteroatoms. The average Bonchev–Trinajstić information content (AvgIpc) is 2.36. The van der Waals surface area contributed by atoms with Crippen LogP contribution in [-0.2, 0) is 0 Å². The van der Waals surface area contributed by atoms with Crippen molar-refractivity contribution in [1.82, 2.24) is 10.2 Å². The van der Waals surface area contributed by atoms with Crippen molar-refractivity contribution in [3.63, 3.8) is 0 Å². The normalized spacial score (nSPS) is 10.4. The van der Waals surface area contributed by atoms with Gasteiger partial charge < -0.3 is 10.5 Å². The van der Waals surface area contributed by atoms with E-state index in [1.54, 1.807) is 13.8 Å². The van der Waals surface area contributed by atoms with Crippen molar-refractivity contribution < 1.29 is 13.5 Å². The van der Waals surface area contributed by atoms with Crippen LogP contribution >= 0.6 is 12.2 Å². The van der Waals surface area contributed by atoms with Crippen LogP contribution in [0.25, 0.3) is 0 Å². The zero-order valence-electron chi connectivity index (χ0n) is 10.8. The van der Waals surface area contributed by atoms with Gasteiger partial charge in [-0.1, -0.05) is 12.2 Å². The summed E-state index contributed by atoms with van der Waals surface area (Å²) >= 11 is 4.94. The molecule has 1 aromatic carbocycles. The van der Waals surface area contributed by atoms with Crippen molar-refractivity contribution in [3.8, 4) is 11.6 Å². The predicted octanol–water partition coefficient (Wildman–Crippen LogP) is 2.80. The van der Waals surface area contributed by atoms with Crippen LogP contribution in [0.5, 0.6) is 11.6 Å². The summed E-state index contributed by atoms with van der Waals surface area (Å²) in [4.78, 5) is 0.0676. The Balaban J connectivity index is 2.48. The SMILES string of the molecule is Cc1nnc(Oc2ccc(F)cc2F)c(C(N)=S)c1C. The summed E-state index contributed by atoms with van der Waals surface area (Å²) in [5.74, 6) is -1.73. The Morgan fingerprint density at radius 3 is 2.55 bits per heavy atom. The molecular formula is C13H11F2N3OS. The number of benzene rings is 1. The van der Waals surface area contributed by atoms with E-state index in [1.807, 2.05) is 0 Å². The summed E-state index contributed by atoms with van der Waals surface area (Å²) in [5.41, 5.74) is 7.35. The number of nitrogens with two attached hydrogens (primary N) is 1. The number of hydrogen-bond donors (Lipinski definition) is 1. The van der Waals surface area contributed by atoms with E-state index in [4.69, 9.17) is 22.7 Å². The highest BCUT2D eigenvalue weighted by atomic mass is 32.1. The number of aromatic nitrogens is 2. The molecule has 0 atom stereocenters. The summed E-state index contributed by atoms with van der Waals surface area (Å²) in [6.45, 7) is 3.50. The molecule has 0 aliphatic carbocycles. The van der Waals surface area contributed by atoms with Gasteiger partial charge >= 0.3 is 0 Å². The summed E-state index contributed by atoms with van der Waals surface area (Å²) < 4.78 is 31.7. The van der Waals surface area contributed by atoms with Gasteiger partial charge in [0.15, 0.2) is 11.6 Å². The summed E-state index contributed by atoms with van der Waals surface area (Å²) in [7, 11) is 0. The zero-order valence-corrected chi connectivity index (χ0v) is 11.6. The van der Waals surface area contributed by atoms with Gasteiger partial charge in [0.2, 0.25) is 5.88 Å². The molecule has 1 heterocycles. The first-order valence-electron chi connectivity index (χ1n) is 5.66. The minimum atomic E-state index is -0.848. The maximum Gasteiger partial charge on any atom is 0.249 e. The van der Waals surface area contributed by atoms with Gasteiger partial charge in [-0.05, 0) is 31.5 Å². The van der Waals surface area contributed by atoms with Crippen LogP contribution in [0.2, 0.25) is 0 Å². The Kier molecular flexibility index (Phi) is 3.89. The number of hydrogen-bond acceptors (Lipinski definition) is 4. The number of rotatable bonds is 3. The number of nitrogens with zero attached hydrogens (tertiary/aromatic N) is 2. The fourth-order valence-corrected chi connectivity index (χ4v) is 1.85. The second-order valence-corrected chi connectivity index (χ2v) is 4.57. The molecule has 0 amide bonds. The molecular weight excluding hydrogens is 284 g/mol. The van der Waals surface area contributed by atoms with Crippen molar-refractivity contribution in [2.45, 2.75) is 13.8 Å². The summed E-state index contributed by atoms with van der Waals surface area (Å²) in [5, 5.41) is 7.70. The molecule has 2 rings (SSSR count). The Hall–Kier alpha value is -2.15. The Bertz CT molecular complexity index is 692. The maximum atomic E-state index is 13.6. The lowest BCUT2D eigenvalue weighted by Gasteiger charge is -2.12. The van der Waals surface area contributed by atoms with Crippen molar-refractivity contribution in [2.24, 2.45) is 5.73 Å². The van der Waals surface area contributed by atoms with Crippen LogP contribution in [0.3, 0.4) is 0 Å². The number of ether oxygens (including phenoxy) is 1. The molecule has 0 bridgehead atoms. The maximum absolute atomic E-state index is 13.6. The fourth-order valence-electron chi connectivity index (χ4n) is 1.61. The molecule has 2 N–H and O–H groups in total. The van der Waals surface area contributed by atoms with Gasteiger partial charge in [0.1, 0.15) is 10.8 Å². The first-order valence-corrected chi connectivity index (χ1v) is 6.07. The smallest absolute Gasteiger partial charge is 0.249 e. The number of halogens is 2. The van der Waals surface area contributed by atoms with Gasteiger partial charge in [0, 0.05) is 6.07 Å².